The molecular formula is C14H16F3NO8. The van der Waals surface area contributed by atoms with Gasteiger partial charge in [0.25, 0.3) is 5.90 Å². The van der Waals surface area contributed by atoms with Crippen molar-refractivity contribution in [1.82, 2.24) is 0 Å². The Kier molecular flexibility index (Phi) is 5.74. The normalized spacial score (nSPS) is 30.5. The number of hydrogen-bond donors (Lipinski definition) is 0. The Bertz CT molecular complexity index is 620. The van der Waals surface area contributed by atoms with Crippen molar-refractivity contribution in [3.63, 3.8) is 0 Å². The van der Waals surface area contributed by atoms with Crippen molar-refractivity contribution in [3.8, 4) is 0 Å². The fourth-order valence-corrected chi connectivity index (χ4v) is 2.54. The highest BCUT2D eigenvalue weighted by Gasteiger charge is 2.57. The van der Waals surface area contributed by atoms with E-state index in [0.717, 1.165) is 20.8 Å². The summed E-state index contributed by atoms with van der Waals surface area (Å²) in [5, 5.41) is 0. The van der Waals surface area contributed by atoms with Crippen LogP contribution >= 0.6 is 0 Å². The average Bonchev–Trinajstić information content (AvgIpc) is 2.90. The van der Waals surface area contributed by atoms with Crippen molar-refractivity contribution in [2.45, 2.75) is 57.6 Å². The average molecular weight is 383 g/mol. The first-order valence-electron chi connectivity index (χ1n) is 7.44. The van der Waals surface area contributed by atoms with Crippen LogP contribution in [0.3, 0.4) is 0 Å². The molecule has 1 fully saturated rings. The molecule has 0 spiro atoms. The Morgan fingerprint density at radius 2 is 1.62 bits per heavy atom. The molecule has 2 rings (SSSR count). The molecule has 0 unspecified atom stereocenters. The molecule has 0 aromatic rings. The van der Waals surface area contributed by atoms with E-state index < -0.39 is 67.2 Å². The van der Waals surface area contributed by atoms with Crippen LogP contribution in [0.1, 0.15) is 20.8 Å². The summed E-state index contributed by atoms with van der Waals surface area (Å²) >= 11 is 0. The number of fused-ring (bicyclic) bond motifs is 1. The SMILES string of the molecule is CC(=O)OC[C@H]1O[C@@H]2OC(C(F)(F)F)=N[C@@H]2[C@@H](OC(C)=O)[C@H]1OC(C)=O. The van der Waals surface area contributed by atoms with Crippen molar-refractivity contribution in [1.29, 1.82) is 0 Å². The van der Waals surface area contributed by atoms with Gasteiger partial charge in [0.1, 0.15) is 12.7 Å². The first-order valence-corrected chi connectivity index (χ1v) is 7.44. The molecule has 12 heteroatoms. The number of nitrogens with zero attached hydrogens (tertiary/aromatic N) is 1. The van der Waals surface area contributed by atoms with Gasteiger partial charge in [0.15, 0.2) is 18.2 Å². The Morgan fingerprint density at radius 3 is 2.12 bits per heavy atom. The molecule has 9 nitrogen and oxygen atoms in total. The number of halogens is 3. The molecule has 0 aromatic heterocycles. The maximum Gasteiger partial charge on any atom is 0.468 e. The third-order valence-electron chi connectivity index (χ3n) is 3.41. The zero-order valence-corrected chi connectivity index (χ0v) is 13.9. The molecule has 2 aliphatic rings. The minimum absolute atomic E-state index is 0.459. The fourth-order valence-electron chi connectivity index (χ4n) is 2.54. The maximum absolute atomic E-state index is 12.9. The number of esters is 3. The smallest absolute Gasteiger partial charge is 0.463 e. The third kappa shape index (κ3) is 4.62. The molecule has 5 atom stereocenters. The van der Waals surface area contributed by atoms with Crippen LogP contribution in [-0.2, 0) is 38.1 Å². The number of aliphatic imine (C=N–C) groups is 1. The van der Waals surface area contributed by atoms with Crippen LogP contribution in [0.2, 0.25) is 0 Å². The molecule has 2 aliphatic heterocycles. The largest absolute Gasteiger partial charge is 0.468 e. The van der Waals surface area contributed by atoms with Gasteiger partial charge in [-0.1, -0.05) is 0 Å². The summed E-state index contributed by atoms with van der Waals surface area (Å²) in [6, 6.07) is -1.41. The van der Waals surface area contributed by atoms with Crippen LogP contribution in [0.25, 0.3) is 0 Å². The zero-order chi connectivity index (χ0) is 19.6. The van der Waals surface area contributed by atoms with E-state index in [2.05, 4.69) is 9.73 Å². The van der Waals surface area contributed by atoms with Crippen LogP contribution in [-0.4, -0.2) is 67.2 Å². The van der Waals surface area contributed by atoms with Crippen molar-refractivity contribution >= 4 is 23.8 Å². The standard InChI is InChI=1S/C14H16F3NO8/c1-5(19)22-4-8-10(23-6(2)20)11(24-7(3)21)9-12(25-8)26-13(18-9)14(15,16)17/h8-12H,4H2,1-3H3/t8-,9-,10+,11-,12-/m1/s1. The molecule has 0 aromatic carbocycles. The van der Waals surface area contributed by atoms with Gasteiger partial charge in [-0.2, -0.15) is 13.2 Å². The second kappa shape index (κ2) is 7.48. The predicted molar refractivity (Wildman–Crippen MR) is 74.8 cm³/mol. The van der Waals surface area contributed by atoms with Crippen molar-refractivity contribution in [2.75, 3.05) is 6.61 Å². The van der Waals surface area contributed by atoms with E-state index in [0.29, 0.717) is 0 Å². The summed E-state index contributed by atoms with van der Waals surface area (Å²) in [6.45, 7) is 2.72. The summed E-state index contributed by atoms with van der Waals surface area (Å²) in [4.78, 5) is 37.1. The molecular weight excluding hydrogens is 367 g/mol. The Morgan fingerprint density at radius 1 is 1.04 bits per heavy atom. The van der Waals surface area contributed by atoms with E-state index in [4.69, 9.17) is 18.9 Å². The minimum atomic E-state index is -4.89. The lowest BCUT2D eigenvalue weighted by atomic mass is 9.97. The third-order valence-corrected chi connectivity index (χ3v) is 3.41. The second-order valence-electron chi connectivity index (χ2n) is 5.53. The van der Waals surface area contributed by atoms with Gasteiger partial charge in [0.05, 0.1) is 0 Å². The maximum atomic E-state index is 12.9. The number of alkyl halides is 3. The lowest BCUT2D eigenvalue weighted by Gasteiger charge is -2.40. The lowest BCUT2D eigenvalue weighted by molar-refractivity contribution is -0.251. The fraction of sp³-hybridized carbons (Fsp3) is 0.714. The highest BCUT2D eigenvalue weighted by molar-refractivity contribution is 5.83. The number of carbonyl (C=O) groups excluding carboxylic acids is 3. The van der Waals surface area contributed by atoms with Gasteiger partial charge in [-0.05, 0) is 0 Å². The van der Waals surface area contributed by atoms with Gasteiger partial charge in [0, 0.05) is 20.8 Å². The molecule has 0 radical (unpaired) electrons. The minimum Gasteiger partial charge on any atom is -0.463 e. The zero-order valence-electron chi connectivity index (χ0n) is 13.9. The molecule has 0 aliphatic carbocycles. The van der Waals surface area contributed by atoms with E-state index in [1.807, 2.05) is 0 Å². The van der Waals surface area contributed by atoms with Gasteiger partial charge in [-0.15, -0.1) is 0 Å². The van der Waals surface area contributed by atoms with Gasteiger partial charge >= 0.3 is 24.1 Å². The van der Waals surface area contributed by atoms with E-state index in [9.17, 15) is 27.6 Å². The molecule has 0 N–H and O–H groups in total. The quantitative estimate of drug-likeness (QED) is 0.510. The molecule has 0 amide bonds. The van der Waals surface area contributed by atoms with Gasteiger partial charge < -0.3 is 23.7 Å². The van der Waals surface area contributed by atoms with Crippen LogP contribution < -0.4 is 0 Å². The van der Waals surface area contributed by atoms with Crippen LogP contribution in [0.5, 0.6) is 0 Å². The number of hydrogen-bond acceptors (Lipinski definition) is 9. The molecule has 26 heavy (non-hydrogen) atoms. The van der Waals surface area contributed by atoms with Gasteiger partial charge in [0.2, 0.25) is 6.29 Å². The van der Waals surface area contributed by atoms with Crippen LogP contribution in [0.15, 0.2) is 4.99 Å². The van der Waals surface area contributed by atoms with Crippen LogP contribution in [0.4, 0.5) is 13.2 Å². The number of rotatable bonds is 4. The molecule has 0 bridgehead atoms. The van der Waals surface area contributed by atoms with E-state index >= 15 is 0 Å². The van der Waals surface area contributed by atoms with Crippen molar-refractivity contribution in [2.24, 2.45) is 4.99 Å². The molecule has 146 valence electrons. The Hall–Kier alpha value is -2.37. The highest BCUT2D eigenvalue weighted by Crippen LogP contribution is 2.35. The first-order chi connectivity index (χ1) is 12.0. The molecule has 2 heterocycles. The summed E-state index contributed by atoms with van der Waals surface area (Å²) < 4.78 is 63.5. The molecule has 0 saturated carbocycles. The first kappa shape index (κ1) is 19.9. The number of carbonyl (C=O) groups is 3. The second-order valence-corrected chi connectivity index (χ2v) is 5.53. The van der Waals surface area contributed by atoms with Crippen molar-refractivity contribution in [3.05, 3.63) is 0 Å². The Labute approximate surface area is 145 Å². The van der Waals surface area contributed by atoms with Gasteiger partial charge in [-0.3, -0.25) is 14.4 Å². The van der Waals surface area contributed by atoms with Crippen molar-refractivity contribution < 1.29 is 51.2 Å². The van der Waals surface area contributed by atoms with E-state index in [1.165, 1.54) is 0 Å². The summed E-state index contributed by atoms with van der Waals surface area (Å²) in [5.74, 6) is -3.89. The topological polar surface area (TPSA) is 110 Å². The van der Waals surface area contributed by atoms with Gasteiger partial charge in [-0.25, -0.2) is 4.99 Å². The molecule has 1 saturated heterocycles. The highest BCUT2D eigenvalue weighted by atomic mass is 19.4. The summed E-state index contributed by atoms with van der Waals surface area (Å²) in [7, 11) is 0. The predicted octanol–water partition coefficient (Wildman–Crippen LogP) is 0.497. The van der Waals surface area contributed by atoms with Crippen LogP contribution in [0, 0.1) is 0 Å². The van der Waals surface area contributed by atoms with E-state index in [1.54, 1.807) is 0 Å². The lowest BCUT2D eigenvalue weighted by Crippen LogP contribution is -2.60. The summed E-state index contributed by atoms with van der Waals surface area (Å²) in [5.41, 5.74) is 0. The van der Waals surface area contributed by atoms with E-state index in [-0.39, 0.29) is 0 Å². The monoisotopic (exact) mass is 383 g/mol. The Balaban J connectivity index is 2.34. The number of ether oxygens (including phenoxy) is 5. The summed E-state index contributed by atoms with van der Waals surface area (Å²) in [6.07, 6.45) is -10.4.